The van der Waals surface area contributed by atoms with Crippen LogP contribution in [0.5, 0.6) is 5.75 Å². The van der Waals surface area contributed by atoms with Crippen LogP contribution < -0.4 is 20.5 Å². The highest BCUT2D eigenvalue weighted by Gasteiger charge is 2.44. The zero-order chi connectivity index (χ0) is 52.6. The molecular formula is C54H53N3O14S2. The quantitative estimate of drug-likeness (QED) is 0.00890. The van der Waals surface area contributed by atoms with E-state index in [-0.39, 0.29) is 81.1 Å². The fourth-order valence-electron chi connectivity index (χ4n) is 10.2. The Bertz CT molecular complexity index is 3410. The van der Waals surface area contributed by atoms with E-state index in [0.29, 0.717) is 40.6 Å². The maximum absolute atomic E-state index is 13.5. The first-order valence-corrected chi connectivity index (χ1v) is 25.5. The molecule has 8 rings (SSSR count). The average molecular weight is 1030 g/mol. The van der Waals surface area contributed by atoms with E-state index in [1.54, 1.807) is 6.07 Å². The number of aromatic carboxylic acids is 2. The molecule has 380 valence electrons. The molecule has 0 saturated heterocycles. The van der Waals surface area contributed by atoms with E-state index in [2.05, 4.69) is 46.4 Å². The molecule has 4 aromatic carbocycles. The van der Waals surface area contributed by atoms with Gasteiger partial charge in [0, 0.05) is 69.2 Å². The van der Waals surface area contributed by atoms with Crippen LogP contribution in [0.1, 0.15) is 91.3 Å². The van der Waals surface area contributed by atoms with Gasteiger partial charge >= 0.3 is 11.9 Å². The van der Waals surface area contributed by atoms with Gasteiger partial charge in [0.25, 0.3) is 10.1 Å². The number of likely N-dealkylation sites (N-methyl/N-ethyl adjacent to an activating group) is 1. The predicted octanol–water partition coefficient (Wildman–Crippen LogP) is 10.1. The molecule has 0 fully saturated rings. The third kappa shape index (κ3) is 10.1. The fourth-order valence-corrected chi connectivity index (χ4v) is 11.3. The summed E-state index contributed by atoms with van der Waals surface area (Å²) >= 11 is 0.907. The van der Waals surface area contributed by atoms with Crippen LogP contribution in [-0.2, 0) is 41.7 Å². The van der Waals surface area contributed by atoms with Crippen molar-refractivity contribution in [1.82, 2.24) is 5.32 Å². The monoisotopic (exact) mass is 1030 g/mol. The topological polar surface area (TPSA) is 254 Å². The molecule has 17 nitrogen and oxygen atoms in total. The lowest BCUT2D eigenvalue weighted by Crippen LogP contribution is -2.39. The number of fused-ring (bicyclic) bond motifs is 4. The predicted molar refractivity (Wildman–Crippen MR) is 276 cm³/mol. The summed E-state index contributed by atoms with van der Waals surface area (Å²) < 4.78 is 46.9. The van der Waals surface area contributed by atoms with Crippen molar-refractivity contribution in [3.8, 4) is 28.2 Å². The summed E-state index contributed by atoms with van der Waals surface area (Å²) in [4.78, 5) is 55.0. The van der Waals surface area contributed by atoms with Crippen molar-refractivity contribution >= 4 is 62.4 Å². The minimum atomic E-state index is -4.65. The number of benzene rings is 5. The lowest BCUT2D eigenvalue weighted by atomic mass is 9.80. The molecule has 0 spiro atoms. The van der Waals surface area contributed by atoms with Crippen LogP contribution in [0, 0.1) is 0 Å². The van der Waals surface area contributed by atoms with Crippen molar-refractivity contribution in [2.75, 3.05) is 22.9 Å². The largest absolute Gasteiger partial charge is 0.507 e. The molecule has 0 radical (unpaired) electrons. The molecule has 1 unspecified atom stereocenters. The number of phenolic OH excluding ortho intramolecular Hbond substituents is 1. The summed E-state index contributed by atoms with van der Waals surface area (Å²) in [6.45, 7) is 11.2. The SMILES string of the molecule is CCN1c2ccc(SOOO)cc2C(C)(C)C1C=CC=CC=C1N(CCCCC(=O)NCc2c(O)ccc3c(-c4ccc(C(=O)O)cc4C(=O)O)c4ccc(=O)cc-4oc23)c2c(cccc2S(=O)(=O)O)C1(C)C. The maximum Gasteiger partial charge on any atom is 0.336 e. The number of rotatable bonds is 18. The van der Waals surface area contributed by atoms with E-state index < -0.39 is 32.9 Å². The van der Waals surface area contributed by atoms with Crippen LogP contribution in [0.15, 0.2) is 140 Å². The number of amides is 1. The Balaban J connectivity index is 1.01. The molecule has 0 saturated carbocycles. The summed E-state index contributed by atoms with van der Waals surface area (Å²) in [5, 5.41) is 46.5. The molecule has 1 amide bonds. The Hall–Kier alpha value is -7.26. The Morgan fingerprint density at radius 2 is 1.66 bits per heavy atom. The van der Waals surface area contributed by atoms with Gasteiger partial charge in [-0.3, -0.25) is 14.1 Å². The van der Waals surface area contributed by atoms with E-state index in [1.807, 2.05) is 67.3 Å². The standard InChI is InChI=1S/C54H53N3O14S2/c1-6-56-41-24-20-33(72-71-70-65)29-40(41)54(4,5)45(56)15-8-7-9-16-46-53(2,3)39-13-12-14-44(73(66,67)68)49(39)57(46)26-11-10-17-47(60)55-30-38-42(59)25-23-36-48(35-22-19-32(58)28-43(35)69-50(36)38)34-21-18-31(51(61)62)27-37(34)52(63)64/h7-9,12-16,18-25,27-29,45,59,65H,6,10-11,17,26,30H2,1-5H3,(H,55,60)(H,61,62)(H,63,64)(H,66,67,68). The number of anilines is 2. The number of carbonyl (C=O) groups is 3. The number of nitrogens with zero attached hydrogens (tertiary/aromatic N) is 2. The summed E-state index contributed by atoms with van der Waals surface area (Å²) in [7, 11) is -4.65. The van der Waals surface area contributed by atoms with Gasteiger partial charge in [-0.15, -0.1) is 4.33 Å². The first-order chi connectivity index (χ1) is 34.7. The second kappa shape index (κ2) is 20.7. The summed E-state index contributed by atoms with van der Waals surface area (Å²) in [5.74, 6) is -3.29. The van der Waals surface area contributed by atoms with Crippen LogP contribution in [-0.4, -0.2) is 70.5 Å². The van der Waals surface area contributed by atoms with E-state index >= 15 is 0 Å². The van der Waals surface area contributed by atoms with Crippen molar-refractivity contribution in [2.45, 2.75) is 87.1 Å². The minimum absolute atomic E-state index is 0.00169. The van der Waals surface area contributed by atoms with Crippen molar-refractivity contribution < 1.29 is 61.7 Å². The molecule has 4 aromatic rings. The first-order valence-electron chi connectivity index (χ1n) is 23.3. The van der Waals surface area contributed by atoms with Gasteiger partial charge in [0.15, 0.2) is 5.43 Å². The highest BCUT2D eigenvalue weighted by atomic mass is 32.2. The van der Waals surface area contributed by atoms with Gasteiger partial charge in [0.05, 0.1) is 47.0 Å². The molecule has 1 atom stereocenters. The van der Waals surface area contributed by atoms with Gasteiger partial charge < -0.3 is 34.9 Å². The van der Waals surface area contributed by atoms with Gasteiger partial charge in [-0.25, -0.2) is 14.8 Å². The Labute approximate surface area is 424 Å². The number of carbonyl (C=O) groups excluding carboxylic acids is 1. The summed E-state index contributed by atoms with van der Waals surface area (Å²) in [5.41, 5.74) is 3.07. The van der Waals surface area contributed by atoms with Crippen LogP contribution in [0.3, 0.4) is 0 Å². The zero-order valence-electron chi connectivity index (χ0n) is 40.4. The molecule has 73 heavy (non-hydrogen) atoms. The highest BCUT2D eigenvalue weighted by molar-refractivity contribution is 7.94. The summed E-state index contributed by atoms with van der Waals surface area (Å²) in [6, 6.07) is 21.3. The van der Waals surface area contributed by atoms with Crippen LogP contribution >= 0.6 is 12.0 Å². The lowest BCUT2D eigenvalue weighted by Gasteiger charge is -2.31. The van der Waals surface area contributed by atoms with Gasteiger partial charge in [-0.05, 0) is 103 Å². The Morgan fingerprint density at radius 3 is 2.37 bits per heavy atom. The molecule has 0 aromatic heterocycles. The number of unbranched alkanes of at least 4 members (excludes halogenated alkanes) is 1. The van der Waals surface area contributed by atoms with E-state index in [4.69, 9.17) is 9.67 Å². The number of carboxylic acids is 2. The first kappa shape index (κ1) is 52.1. The average Bonchev–Trinajstić information content (AvgIpc) is 3.70. The lowest BCUT2D eigenvalue weighted by molar-refractivity contribution is -0.432. The molecule has 19 heteroatoms. The fraction of sp³-hybridized carbons (Fsp3) is 0.259. The Morgan fingerprint density at radius 1 is 0.890 bits per heavy atom. The van der Waals surface area contributed by atoms with Crippen LogP contribution in [0.2, 0.25) is 0 Å². The Kier molecular flexibility index (Phi) is 14.8. The maximum atomic E-state index is 13.5. The van der Waals surface area contributed by atoms with E-state index in [0.717, 1.165) is 46.5 Å². The molecule has 6 N–H and O–H groups in total. The molecule has 4 aliphatic rings. The minimum Gasteiger partial charge on any atom is -0.507 e. The van der Waals surface area contributed by atoms with Gasteiger partial charge in [0.1, 0.15) is 22.0 Å². The van der Waals surface area contributed by atoms with Crippen molar-refractivity contribution in [1.29, 1.82) is 0 Å². The number of allylic oxidation sites excluding steroid dienone is 5. The number of nitrogens with one attached hydrogen (secondary N) is 1. The number of hydrogen-bond acceptors (Lipinski definition) is 14. The van der Waals surface area contributed by atoms with Crippen molar-refractivity contribution in [3.05, 3.63) is 159 Å². The van der Waals surface area contributed by atoms with Crippen molar-refractivity contribution in [3.63, 3.8) is 0 Å². The smallest absolute Gasteiger partial charge is 0.336 e. The molecular weight excluding hydrogens is 979 g/mol. The molecule has 0 bridgehead atoms. The van der Waals surface area contributed by atoms with Gasteiger partial charge in [-0.1, -0.05) is 75.2 Å². The molecule has 1 aliphatic carbocycles. The third-order valence-electron chi connectivity index (χ3n) is 13.7. The molecule has 3 aliphatic heterocycles. The second-order valence-corrected chi connectivity index (χ2v) is 20.9. The number of hydrogen-bond donors (Lipinski definition) is 6. The third-order valence-corrected chi connectivity index (χ3v) is 15.1. The zero-order valence-corrected chi connectivity index (χ0v) is 42.0. The normalized spacial score (nSPS) is 16.5. The van der Waals surface area contributed by atoms with E-state index in [9.17, 15) is 47.5 Å². The van der Waals surface area contributed by atoms with Crippen LogP contribution in [0.4, 0.5) is 11.4 Å². The number of para-hydroxylation sites is 1. The van der Waals surface area contributed by atoms with Crippen LogP contribution in [0.25, 0.3) is 33.4 Å². The number of phenols is 1. The van der Waals surface area contributed by atoms with Gasteiger partial charge in [0.2, 0.25) is 5.91 Å². The second-order valence-electron chi connectivity index (χ2n) is 18.8. The number of carboxylic acid groups (broad SMARTS) is 2. The van der Waals surface area contributed by atoms with E-state index in [1.165, 1.54) is 48.5 Å². The summed E-state index contributed by atoms with van der Waals surface area (Å²) in [6.07, 6.45) is 10.6. The van der Waals surface area contributed by atoms with Crippen molar-refractivity contribution in [2.24, 2.45) is 0 Å². The van der Waals surface area contributed by atoms with Gasteiger partial charge in [-0.2, -0.15) is 8.42 Å². The number of aromatic hydroxyl groups is 1. The molecule has 3 heterocycles. The highest BCUT2D eigenvalue weighted by Crippen LogP contribution is 2.51.